The summed E-state index contributed by atoms with van der Waals surface area (Å²) in [5.41, 5.74) is 3.42. The highest BCUT2D eigenvalue weighted by Gasteiger charge is 2.32. The van der Waals surface area contributed by atoms with E-state index in [1.807, 2.05) is 4.68 Å². The molecule has 0 amide bonds. The molecular weight excluding hydrogens is 184 g/mol. The highest BCUT2D eigenvalue weighted by atomic mass is 15.3. The first-order valence-electron chi connectivity index (χ1n) is 6.04. The van der Waals surface area contributed by atoms with Gasteiger partial charge in [0.1, 0.15) is 0 Å². The largest absolute Gasteiger partial charge is 0.272 e. The number of hydrogen-bond donors (Lipinski definition) is 0. The van der Waals surface area contributed by atoms with Crippen LogP contribution in [-0.4, -0.2) is 9.78 Å². The molecule has 1 heterocycles. The van der Waals surface area contributed by atoms with Gasteiger partial charge in [-0.05, 0) is 36.2 Å². The molecule has 0 fully saturated rings. The van der Waals surface area contributed by atoms with E-state index in [9.17, 15) is 0 Å². The van der Waals surface area contributed by atoms with E-state index in [0.717, 1.165) is 5.92 Å². The first-order valence-corrected chi connectivity index (χ1v) is 6.04. The third kappa shape index (κ3) is 1.82. The van der Waals surface area contributed by atoms with Crippen LogP contribution in [0.2, 0.25) is 0 Å². The Labute approximate surface area is 92.7 Å². The average molecular weight is 206 g/mol. The van der Waals surface area contributed by atoms with Crippen molar-refractivity contribution in [2.45, 2.75) is 46.5 Å². The van der Waals surface area contributed by atoms with Crippen molar-refractivity contribution in [3.63, 3.8) is 0 Å². The number of nitrogens with zero attached hydrogens (tertiary/aromatic N) is 2. The molecule has 0 aliphatic heterocycles. The highest BCUT2D eigenvalue weighted by Crippen LogP contribution is 2.39. The summed E-state index contributed by atoms with van der Waals surface area (Å²) in [5, 5.41) is 4.36. The van der Waals surface area contributed by atoms with E-state index >= 15 is 0 Å². The summed E-state index contributed by atoms with van der Waals surface area (Å²) >= 11 is 0. The van der Waals surface area contributed by atoms with Crippen LogP contribution >= 0.6 is 0 Å². The second kappa shape index (κ2) is 3.66. The molecule has 1 atom stereocenters. The van der Waals surface area contributed by atoms with Crippen LogP contribution in [0.25, 0.3) is 0 Å². The molecule has 0 N–H and O–H groups in total. The van der Waals surface area contributed by atoms with E-state index in [4.69, 9.17) is 0 Å². The lowest BCUT2D eigenvalue weighted by Gasteiger charge is -2.36. The Bertz CT molecular complexity index is 349. The molecule has 1 aromatic rings. The lowest BCUT2D eigenvalue weighted by Crippen LogP contribution is -2.29. The van der Waals surface area contributed by atoms with Gasteiger partial charge in [0.2, 0.25) is 0 Å². The van der Waals surface area contributed by atoms with E-state index in [2.05, 4.69) is 39.1 Å². The van der Waals surface area contributed by atoms with Gasteiger partial charge < -0.3 is 0 Å². The van der Waals surface area contributed by atoms with E-state index in [1.165, 1.54) is 36.9 Å². The summed E-state index contributed by atoms with van der Waals surface area (Å²) in [5.74, 6) is 0.833. The Balaban J connectivity index is 2.19. The zero-order valence-corrected chi connectivity index (χ0v) is 10.4. The second-order valence-electron chi connectivity index (χ2n) is 5.52. The molecule has 2 nitrogen and oxygen atoms in total. The molecule has 0 saturated heterocycles. The summed E-state index contributed by atoms with van der Waals surface area (Å²) in [6.07, 6.45) is 7.10. The van der Waals surface area contributed by atoms with Gasteiger partial charge in [-0.3, -0.25) is 4.68 Å². The zero-order chi connectivity index (χ0) is 11.1. The molecule has 84 valence electrons. The smallest absolute Gasteiger partial charge is 0.0524 e. The standard InChI is InChI=1S/C13H22N2/c1-5-13(2,3)11-6-7-12-10(8-11)9-14-15(12)4/h9,11H,5-8H2,1-4H3/t11-/m0/s1. The van der Waals surface area contributed by atoms with Crippen molar-refractivity contribution >= 4 is 0 Å². The average Bonchev–Trinajstić information content (AvgIpc) is 2.60. The lowest BCUT2D eigenvalue weighted by molar-refractivity contribution is 0.182. The van der Waals surface area contributed by atoms with Gasteiger partial charge in [-0.15, -0.1) is 0 Å². The minimum absolute atomic E-state index is 0.480. The maximum Gasteiger partial charge on any atom is 0.0524 e. The van der Waals surface area contributed by atoms with Gasteiger partial charge >= 0.3 is 0 Å². The minimum atomic E-state index is 0.480. The van der Waals surface area contributed by atoms with Crippen molar-refractivity contribution < 1.29 is 0 Å². The fraction of sp³-hybridized carbons (Fsp3) is 0.769. The molecule has 2 heteroatoms. The summed E-state index contributed by atoms with van der Waals surface area (Å²) < 4.78 is 2.05. The predicted octanol–water partition coefficient (Wildman–Crippen LogP) is 2.96. The quantitative estimate of drug-likeness (QED) is 0.727. The minimum Gasteiger partial charge on any atom is -0.272 e. The van der Waals surface area contributed by atoms with Gasteiger partial charge in [0.15, 0.2) is 0 Å². The van der Waals surface area contributed by atoms with Crippen molar-refractivity contribution in [2.75, 3.05) is 0 Å². The highest BCUT2D eigenvalue weighted by molar-refractivity contribution is 5.22. The van der Waals surface area contributed by atoms with Gasteiger partial charge in [0.05, 0.1) is 6.20 Å². The number of fused-ring (bicyclic) bond motifs is 1. The Morgan fingerprint density at radius 2 is 2.27 bits per heavy atom. The van der Waals surface area contributed by atoms with Crippen LogP contribution in [0.4, 0.5) is 0 Å². The van der Waals surface area contributed by atoms with Gasteiger partial charge in [-0.1, -0.05) is 27.2 Å². The molecule has 0 saturated carbocycles. The molecule has 1 aliphatic carbocycles. The number of aryl methyl sites for hydroxylation is 1. The predicted molar refractivity (Wildman–Crippen MR) is 62.8 cm³/mol. The first kappa shape index (κ1) is 10.7. The van der Waals surface area contributed by atoms with Crippen LogP contribution in [0.15, 0.2) is 6.20 Å². The van der Waals surface area contributed by atoms with Gasteiger partial charge in [0.25, 0.3) is 0 Å². The van der Waals surface area contributed by atoms with Crippen LogP contribution in [0, 0.1) is 11.3 Å². The Morgan fingerprint density at radius 1 is 1.53 bits per heavy atom. The van der Waals surface area contributed by atoms with Crippen LogP contribution in [0.1, 0.15) is 44.9 Å². The van der Waals surface area contributed by atoms with Crippen LogP contribution in [0.5, 0.6) is 0 Å². The van der Waals surface area contributed by atoms with Gasteiger partial charge in [0, 0.05) is 12.7 Å². The summed E-state index contributed by atoms with van der Waals surface area (Å²) in [6, 6.07) is 0. The van der Waals surface area contributed by atoms with Crippen LogP contribution in [-0.2, 0) is 19.9 Å². The van der Waals surface area contributed by atoms with Crippen molar-refractivity contribution in [1.82, 2.24) is 9.78 Å². The van der Waals surface area contributed by atoms with Crippen LogP contribution in [0.3, 0.4) is 0 Å². The van der Waals surface area contributed by atoms with E-state index in [1.54, 1.807) is 0 Å². The summed E-state index contributed by atoms with van der Waals surface area (Å²) in [6.45, 7) is 7.11. The summed E-state index contributed by atoms with van der Waals surface area (Å²) in [4.78, 5) is 0. The van der Waals surface area contributed by atoms with Gasteiger partial charge in [-0.2, -0.15) is 5.10 Å². The van der Waals surface area contributed by atoms with Crippen LogP contribution < -0.4 is 0 Å². The first-order chi connectivity index (χ1) is 7.04. The normalized spacial score (nSPS) is 21.5. The fourth-order valence-corrected chi connectivity index (χ4v) is 2.64. The third-order valence-electron chi connectivity index (χ3n) is 4.36. The number of hydrogen-bond acceptors (Lipinski definition) is 1. The Hall–Kier alpha value is -0.790. The third-order valence-corrected chi connectivity index (χ3v) is 4.36. The van der Waals surface area contributed by atoms with E-state index < -0.39 is 0 Å². The summed E-state index contributed by atoms with van der Waals surface area (Å²) in [7, 11) is 2.06. The molecule has 0 spiro atoms. The molecule has 1 aliphatic rings. The van der Waals surface area contributed by atoms with Crippen molar-refractivity contribution in [2.24, 2.45) is 18.4 Å². The maximum atomic E-state index is 4.36. The molecule has 15 heavy (non-hydrogen) atoms. The van der Waals surface area contributed by atoms with E-state index in [0.29, 0.717) is 5.41 Å². The molecule has 0 radical (unpaired) electrons. The molecule has 0 aromatic carbocycles. The SMILES string of the molecule is CCC(C)(C)[C@H]1CCc2c(cnn2C)C1. The molecule has 0 unspecified atom stereocenters. The van der Waals surface area contributed by atoms with Crippen molar-refractivity contribution in [1.29, 1.82) is 0 Å². The zero-order valence-electron chi connectivity index (χ0n) is 10.4. The van der Waals surface area contributed by atoms with Gasteiger partial charge in [-0.25, -0.2) is 0 Å². The fourth-order valence-electron chi connectivity index (χ4n) is 2.64. The Morgan fingerprint density at radius 3 is 2.93 bits per heavy atom. The monoisotopic (exact) mass is 206 g/mol. The maximum absolute atomic E-state index is 4.36. The molecule has 0 bridgehead atoms. The van der Waals surface area contributed by atoms with E-state index in [-0.39, 0.29) is 0 Å². The number of rotatable bonds is 2. The molecule has 2 rings (SSSR count). The lowest BCUT2D eigenvalue weighted by atomic mass is 9.69. The Kier molecular flexibility index (Phi) is 2.61. The second-order valence-corrected chi connectivity index (χ2v) is 5.52. The molecule has 1 aromatic heterocycles. The topological polar surface area (TPSA) is 17.8 Å². The number of aromatic nitrogens is 2. The van der Waals surface area contributed by atoms with Crippen molar-refractivity contribution in [3.8, 4) is 0 Å². The van der Waals surface area contributed by atoms with Crippen molar-refractivity contribution in [3.05, 3.63) is 17.5 Å². The molecular formula is C13H22N2.